The Hall–Kier alpha value is -0.610. The average Bonchev–Trinajstić information content (AvgIpc) is 2.33. The number of aliphatic carboxylic acids is 1. The molecule has 1 rings (SSSR count). The predicted molar refractivity (Wildman–Crippen MR) is 80.8 cm³/mol. The number of hydrogen-bond acceptors (Lipinski definition) is 3. The van der Waals surface area contributed by atoms with Gasteiger partial charge in [-0.1, -0.05) is 34.6 Å². The number of carbonyl (C=O) groups is 1. The summed E-state index contributed by atoms with van der Waals surface area (Å²) in [7, 11) is 0. The van der Waals surface area contributed by atoms with E-state index in [1.807, 2.05) is 0 Å². The quantitative estimate of drug-likeness (QED) is 0.706. The Bertz CT molecular complexity index is 315. The highest BCUT2D eigenvalue weighted by atomic mass is 16.5. The molecule has 1 fully saturated rings. The van der Waals surface area contributed by atoms with E-state index in [2.05, 4.69) is 39.9 Å². The Balaban J connectivity index is 2.40. The van der Waals surface area contributed by atoms with Gasteiger partial charge in [0, 0.05) is 19.2 Å². The first-order chi connectivity index (χ1) is 9.26. The fourth-order valence-corrected chi connectivity index (χ4v) is 3.16. The third kappa shape index (κ3) is 4.45. The summed E-state index contributed by atoms with van der Waals surface area (Å²) in [5.41, 5.74) is -0.166. The molecule has 0 aromatic rings. The number of ether oxygens (including phenoxy) is 1. The summed E-state index contributed by atoms with van der Waals surface area (Å²) in [5.74, 6) is 0.0367. The van der Waals surface area contributed by atoms with Gasteiger partial charge in [-0.2, -0.15) is 0 Å². The number of carboxylic acid groups (broad SMARTS) is 1. The van der Waals surface area contributed by atoms with Gasteiger partial charge >= 0.3 is 5.97 Å². The van der Waals surface area contributed by atoms with Crippen molar-refractivity contribution in [1.29, 1.82) is 0 Å². The minimum atomic E-state index is -0.652. The molecule has 0 aliphatic heterocycles. The van der Waals surface area contributed by atoms with Gasteiger partial charge in [0.1, 0.15) is 0 Å². The zero-order valence-electron chi connectivity index (χ0n) is 13.6. The SMILES string of the molecule is CC(C)COCCNC1CCC(C(=O)O)C(C)(C)C1C. The number of nitrogens with one attached hydrogen (secondary N) is 1. The maximum atomic E-state index is 11.3. The molecule has 1 aliphatic carbocycles. The van der Waals surface area contributed by atoms with E-state index in [1.54, 1.807) is 0 Å². The molecule has 0 radical (unpaired) electrons. The second kappa shape index (κ2) is 7.41. The maximum Gasteiger partial charge on any atom is 0.307 e. The fraction of sp³-hybridized carbons (Fsp3) is 0.938. The van der Waals surface area contributed by atoms with Crippen molar-refractivity contribution in [3.05, 3.63) is 0 Å². The predicted octanol–water partition coefficient (Wildman–Crippen LogP) is 2.77. The van der Waals surface area contributed by atoms with Crippen LogP contribution in [0.5, 0.6) is 0 Å². The summed E-state index contributed by atoms with van der Waals surface area (Å²) in [6, 6.07) is 0.392. The molecule has 1 saturated carbocycles. The van der Waals surface area contributed by atoms with Gasteiger partial charge in [-0.15, -0.1) is 0 Å². The van der Waals surface area contributed by atoms with E-state index < -0.39 is 5.97 Å². The van der Waals surface area contributed by atoms with Gasteiger partial charge < -0.3 is 15.2 Å². The smallest absolute Gasteiger partial charge is 0.307 e. The van der Waals surface area contributed by atoms with Crippen molar-refractivity contribution in [3.63, 3.8) is 0 Å². The van der Waals surface area contributed by atoms with Crippen molar-refractivity contribution in [2.45, 2.75) is 53.5 Å². The fourth-order valence-electron chi connectivity index (χ4n) is 3.16. The van der Waals surface area contributed by atoms with Crippen LogP contribution in [0.25, 0.3) is 0 Å². The minimum absolute atomic E-state index is 0.166. The molecule has 0 amide bonds. The topological polar surface area (TPSA) is 58.6 Å². The van der Waals surface area contributed by atoms with Gasteiger partial charge in [-0.25, -0.2) is 0 Å². The van der Waals surface area contributed by atoms with Crippen LogP contribution in [0.15, 0.2) is 0 Å². The Morgan fingerprint density at radius 1 is 1.40 bits per heavy atom. The summed E-state index contributed by atoms with van der Waals surface area (Å²) in [6.45, 7) is 13.0. The lowest BCUT2D eigenvalue weighted by Gasteiger charge is -2.46. The van der Waals surface area contributed by atoms with E-state index >= 15 is 0 Å². The van der Waals surface area contributed by atoms with Crippen molar-refractivity contribution in [2.75, 3.05) is 19.8 Å². The van der Waals surface area contributed by atoms with Crippen LogP contribution in [0, 0.1) is 23.2 Å². The maximum absolute atomic E-state index is 11.3. The molecular weight excluding hydrogens is 254 g/mol. The van der Waals surface area contributed by atoms with Crippen LogP contribution < -0.4 is 5.32 Å². The van der Waals surface area contributed by atoms with Gasteiger partial charge in [0.05, 0.1) is 12.5 Å². The standard InChI is InChI=1S/C16H31NO3/c1-11(2)10-20-9-8-17-14-7-6-13(15(18)19)16(4,5)12(14)3/h11-14,17H,6-10H2,1-5H3,(H,18,19). The van der Waals surface area contributed by atoms with Crippen LogP contribution in [0.1, 0.15) is 47.5 Å². The van der Waals surface area contributed by atoms with Crippen molar-refractivity contribution in [3.8, 4) is 0 Å². The van der Waals surface area contributed by atoms with Crippen molar-refractivity contribution in [1.82, 2.24) is 5.32 Å². The van der Waals surface area contributed by atoms with Crippen LogP contribution >= 0.6 is 0 Å². The van der Waals surface area contributed by atoms with Crippen molar-refractivity contribution < 1.29 is 14.6 Å². The third-order valence-electron chi connectivity index (χ3n) is 4.84. The van der Waals surface area contributed by atoms with E-state index in [0.29, 0.717) is 17.9 Å². The third-order valence-corrected chi connectivity index (χ3v) is 4.84. The molecule has 1 aliphatic rings. The van der Waals surface area contributed by atoms with Crippen LogP contribution in [0.2, 0.25) is 0 Å². The Labute approximate surface area is 123 Å². The summed E-state index contributed by atoms with van der Waals surface area (Å²) >= 11 is 0. The molecule has 0 bridgehead atoms. The number of carboxylic acids is 1. The van der Waals surface area contributed by atoms with Gasteiger partial charge in [0.15, 0.2) is 0 Å². The lowest BCUT2D eigenvalue weighted by atomic mass is 9.61. The second-order valence-corrected chi connectivity index (χ2v) is 7.11. The Morgan fingerprint density at radius 3 is 2.60 bits per heavy atom. The highest BCUT2D eigenvalue weighted by Crippen LogP contribution is 2.44. The number of hydrogen-bond donors (Lipinski definition) is 2. The van der Waals surface area contributed by atoms with Crippen molar-refractivity contribution in [2.24, 2.45) is 23.2 Å². The normalized spacial score (nSPS) is 29.6. The molecule has 3 unspecified atom stereocenters. The molecule has 0 aromatic carbocycles. The molecule has 0 saturated heterocycles. The van der Waals surface area contributed by atoms with E-state index in [0.717, 1.165) is 32.6 Å². The molecule has 2 N–H and O–H groups in total. The zero-order chi connectivity index (χ0) is 15.3. The van der Waals surface area contributed by atoms with Gasteiger partial charge in [-0.3, -0.25) is 4.79 Å². The lowest BCUT2D eigenvalue weighted by Crippen LogP contribution is -2.51. The highest BCUT2D eigenvalue weighted by molar-refractivity contribution is 5.71. The summed E-state index contributed by atoms with van der Waals surface area (Å²) < 4.78 is 5.58. The molecule has 4 heteroatoms. The average molecular weight is 285 g/mol. The summed E-state index contributed by atoms with van der Waals surface area (Å²) in [4.78, 5) is 11.3. The van der Waals surface area contributed by atoms with Crippen LogP contribution in [0.3, 0.4) is 0 Å². The Kier molecular flexibility index (Phi) is 6.46. The molecule has 0 aromatic heterocycles. The molecule has 118 valence electrons. The minimum Gasteiger partial charge on any atom is -0.481 e. The van der Waals surface area contributed by atoms with E-state index in [1.165, 1.54) is 0 Å². The second-order valence-electron chi connectivity index (χ2n) is 7.11. The van der Waals surface area contributed by atoms with Gasteiger partial charge in [-0.05, 0) is 30.1 Å². The molecule has 3 atom stereocenters. The van der Waals surface area contributed by atoms with E-state index in [4.69, 9.17) is 4.74 Å². The molecular formula is C16H31NO3. The first-order valence-electron chi connectivity index (χ1n) is 7.80. The first kappa shape index (κ1) is 17.4. The van der Waals surface area contributed by atoms with Crippen LogP contribution in [0.4, 0.5) is 0 Å². The molecule has 20 heavy (non-hydrogen) atoms. The van der Waals surface area contributed by atoms with E-state index in [9.17, 15) is 9.90 Å². The first-order valence-corrected chi connectivity index (χ1v) is 7.80. The van der Waals surface area contributed by atoms with Crippen LogP contribution in [-0.4, -0.2) is 36.9 Å². The molecule has 0 heterocycles. The largest absolute Gasteiger partial charge is 0.481 e. The van der Waals surface area contributed by atoms with Crippen LogP contribution in [-0.2, 0) is 9.53 Å². The summed E-state index contributed by atoms with van der Waals surface area (Å²) in [5, 5.41) is 12.9. The van der Waals surface area contributed by atoms with Crippen molar-refractivity contribution >= 4 is 5.97 Å². The zero-order valence-corrected chi connectivity index (χ0v) is 13.6. The van der Waals surface area contributed by atoms with Gasteiger partial charge in [0.25, 0.3) is 0 Å². The lowest BCUT2D eigenvalue weighted by molar-refractivity contribution is -0.150. The molecule has 4 nitrogen and oxygen atoms in total. The monoisotopic (exact) mass is 285 g/mol. The number of rotatable bonds is 7. The summed E-state index contributed by atoms with van der Waals surface area (Å²) in [6.07, 6.45) is 1.70. The highest BCUT2D eigenvalue weighted by Gasteiger charge is 2.45. The molecule has 0 spiro atoms. The van der Waals surface area contributed by atoms with E-state index in [-0.39, 0.29) is 11.3 Å². The Morgan fingerprint density at radius 2 is 2.05 bits per heavy atom. The van der Waals surface area contributed by atoms with Gasteiger partial charge in [0.2, 0.25) is 0 Å².